The molecule has 0 spiro atoms. The Kier molecular flexibility index (Phi) is 14.7. The van der Waals surface area contributed by atoms with Gasteiger partial charge in [-0.15, -0.1) is 11.3 Å². The van der Waals surface area contributed by atoms with Gasteiger partial charge in [0.2, 0.25) is 0 Å². The SMILES string of the molecule is CCCC.CSC.NC(N)=NCCCCC(=O)c1nc2ccccc2s1. The highest BCUT2D eigenvalue weighted by atomic mass is 32.2. The lowest BCUT2D eigenvalue weighted by Gasteiger charge is -1.96. The first kappa shape index (κ1) is 24.4. The topological polar surface area (TPSA) is 94.4 Å². The molecule has 0 atom stereocenters. The Morgan fingerprint density at radius 1 is 1.15 bits per heavy atom. The number of unbranched alkanes of at least 4 members (excludes halogenated alkanes) is 2. The summed E-state index contributed by atoms with van der Waals surface area (Å²) >= 11 is 3.20. The Morgan fingerprint density at radius 2 is 1.77 bits per heavy atom. The second kappa shape index (κ2) is 15.6. The lowest BCUT2D eigenvalue weighted by molar-refractivity contribution is 0.0979. The predicted molar refractivity (Wildman–Crippen MR) is 118 cm³/mol. The molecular formula is C19H32N4OS2. The number of ketones is 1. The van der Waals surface area contributed by atoms with Gasteiger partial charge in [0, 0.05) is 13.0 Å². The first-order valence-electron chi connectivity index (χ1n) is 8.84. The van der Waals surface area contributed by atoms with Gasteiger partial charge in [0.05, 0.1) is 10.2 Å². The van der Waals surface area contributed by atoms with Crippen LogP contribution in [0.4, 0.5) is 0 Å². The number of carbonyl (C=O) groups is 1. The van der Waals surface area contributed by atoms with Crippen LogP contribution in [0.1, 0.15) is 55.8 Å². The van der Waals surface area contributed by atoms with E-state index < -0.39 is 0 Å². The summed E-state index contributed by atoms with van der Waals surface area (Å²) in [5.74, 6) is 0.184. The van der Waals surface area contributed by atoms with Crippen molar-refractivity contribution in [2.24, 2.45) is 16.5 Å². The van der Waals surface area contributed by atoms with Crippen molar-refractivity contribution in [2.75, 3.05) is 19.1 Å². The zero-order valence-corrected chi connectivity index (χ0v) is 18.0. The van der Waals surface area contributed by atoms with Gasteiger partial charge in [-0.25, -0.2) is 4.98 Å². The minimum Gasteiger partial charge on any atom is -0.370 e. The van der Waals surface area contributed by atoms with Gasteiger partial charge in [0.25, 0.3) is 0 Å². The molecule has 0 saturated heterocycles. The molecule has 2 aromatic rings. The fourth-order valence-corrected chi connectivity index (χ4v) is 2.64. The van der Waals surface area contributed by atoms with Gasteiger partial charge in [-0.3, -0.25) is 9.79 Å². The summed E-state index contributed by atoms with van der Waals surface area (Å²) in [6, 6.07) is 7.76. The van der Waals surface area contributed by atoms with Gasteiger partial charge in [-0.05, 0) is 37.5 Å². The summed E-state index contributed by atoms with van der Waals surface area (Å²) in [5, 5.41) is 0.586. The minimum atomic E-state index is 0.0888. The van der Waals surface area contributed by atoms with Crippen LogP contribution in [0.25, 0.3) is 10.2 Å². The third kappa shape index (κ3) is 11.1. The van der Waals surface area contributed by atoms with Gasteiger partial charge in [0.15, 0.2) is 16.8 Å². The van der Waals surface area contributed by atoms with Crippen molar-refractivity contribution in [1.29, 1.82) is 0 Å². The van der Waals surface area contributed by atoms with E-state index in [1.807, 2.05) is 36.8 Å². The first-order chi connectivity index (χ1) is 12.5. The van der Waals surface area contributed by atoms with Crippen LogP contribution >= 0.6 is 23.1 Å². The average molecular weight is 397 g/mol. The van der Waals surface area contributed by atoms with Crippen LogP contribution in [0.5, 0.6) is 0 Å². The number of benzene rings is 1. The fraction of sp³-hybridized carbons (Fsp3) is 0.526. The van der Waals surface area contributed by atoms with E-state index >= 15 is 0 Å². The molecule has 7 heteroatoms. The van der Waals surface area contributed by atoms with Crippen LogP contribution < -0.4 is 11.5 Å². The van der Waals surface area contributed by atoms with Crippen LogP contribution in [0.15, 0.2) is 29.3 Å². The number of nitrogens with zero attached hydrogens (tertiary/aromatic N) is 2. The van der Waals surface area contributed by atoms with Gasteiger partial charge in [-0.1, -0.05) is 38.8 Å². The number of thiazole rings is 1. The molecule has 0 unspecified atom stereocenters. The van der Waals surface area contributed by atoms with Crippen LogP contribution in [-0.4, -0.2) is 35.8 Å². The van der Waals surface area contributed by atoms with E-state index in [0.29, 0.717) is 18.0 Å². The van der Waals surface area contributed by atoms with Gasteiger partial charge in [-0.2, -0.15) is 11.8 Å². The smallest absolute Gasteiger partial charge is 0.191 e. The summed E-state index contributed by atoms with van der Waals surface area (Å²) in [6.45, 7) is 4.93. The normalized spacial score (nSPS) is 9.54. The number of aromatic nitrogens is 1. The molecule has 5 nitrogen and oxygen atoms in total. The minimum absolute atomic E-state index is 0.0888. The summed E-state index contributed by atoms with van der Waals surface area (Å²) in [6.07, 6.45) is 8.78. The number of thioether (sulfide) groups is 1. The number of carbonyl (C=O) groups excluding carboxylic acids is 1. The van der Waals surface area contributed by atoms with Crippen LogP contribution in [-0.2, 0) is 0 Å². The van der Waals surface area contributed by atoms with E-state index in [1.165, 1.54) is 24.2 Å². The zero-order chi connectivity index (χ0) is 19.8. The number of Topliss-reactive ketones (excluding diaryl/α,β-unsaturated/α-hetero) is 1. The standard InChI is InChI=1S/C13H16N4OS.C4H10.C2H6S/c14-13(15)16-8-4-3-6-10(18)12-17-9-5-1-2-7-11(9)19-12;1-3-4-2;1-3-2/h1-2,5,7H,3-4,6,8H2,(H4,14,15,16);3-4H2,1-2H3;1-2H3. The number of guanidine groups is 1. The zero-order valence-electron chi connectivity index (χ0n) is 16.3. The maximum atomic E-state index is 12.0. The van der Waals surface area contributed by atoms with Crippen molar-refractivity contribution in [3.63, 3.8) is 0 Å². The van der Waals surface area contributed by atoms with E-state index in [4.69, 9.17) is 11.5 Å². The Bertz CT molecular complexity index is 617. The largest absolute Gasteiger partial charge is 0.370 e. The maximum absolute atomic E-state index is 12.0. The second-order valence-corrected chi connectivity index (χ2v) is 7.43. The molecule has 0 aliphatic heterocycles. The monoisotopic (exact) mass is 396 g/mol. The average Bonchev–Trinajstić information content (AvgIpc) is 3.06. The molecule has 0 aliphatic carbocycles. The van der Waals surface area contributed by atoms with Crippen molar-refractivity contribution in [1.82, 2.24) is 4.98 Å². The molecule has 0 amide bonds. The molecule has 146 valence electrons. The van der Waals surface area contributed by atoms with E-state index in [2.05, 4.69) is 23.8 Å². The number of nitrogens with two attached hydrogens (primary N) is 2. The molecule has 2 rings (SSSR count). The molecule has 0 saturated carbocycles. The Balaban J connectivity index is 0.000000770. The lowest BCUT2D eigenvalue weighted by atomic mass is 10.2. The highest BCUT2D eigenvalue weighted by Gasteiger charge is 2.11. The van der Waals surface area contributed by atoms with Crippen LogP contribution in [0.3, 0.4) is 0 Å². The van der Waals surface area contributed by atoms with E-state index in [1.54, 1.807) is 11.8 Å². The van der Waals surface area contributed by atoms with E-state index in [-0.39, 0.29) is 11.7 Å². The van der Waals surface area contributed by atoms with Crippen LogP contribution in [0.2, 0.25) is 0 Å². The number of aliphatic imine (C=N–C) groups is 1. The van der Waals surface area contributed by atoms with Crippen molar-refractivity contribution in [3.05, 3.63) is 29.3 Å². The Morgan fingerprint density at radius 3 is 2.31 bits per heavy atom. The molecule has 0 fully saturated rings. The number of para-hydroxylation sites is 1. The van der Waals surface area contributed by atoms with Gasteiger partial charge in [0.1, 0.15) is 0 Å². The predicted octanol–water partition coefficient (Wildman–Crippen LogP) is 4.71. The molecule has 1 heterocycles. The molecule has 0 radical (unpaired) electrons. The molecule has 4 N–H and O–H groups in total. The van der Waals surface area contributed by atoms with Crippen LogP contribution in [0, 0.1) is 0 Å². The maximum Gasteiger partial charge on any atom is 0.191 e. The molecular weight excluding hydrogens is 364 g/mol. The van der Waals surface area contributed by atoms with Crippen molar-refractivity contribution < 1.29 is 4.79 Å². The first-order valence-corrected chi connectivity index (χ1v) is 11.3. The van der Waals surface area contributed by atoms with E-state index in [9.17, 15) is 4.79 Å². The third-order valence-corrected chi connectivity index (χ3v) is 4.22. The van der Waals surface area contributed by atoms with Crippen molar-refractivity contribution >= 4 is 45.1 Å². The molecule has 0 aliphatic rings. The summed E-state index contributed by atoms with van der Waals surface area (Å²) in [7, 11) is 0. The highest BCUT2D eigenvalue weighted by molar-refractivity contribution is 7.97. The van der Waals surface area contributed by atoms with Crippen molar-refractivity contribution in [3.8, 4) is 0 Å². The highest BCUT2D eigenvalue weighted by Crippen LogP contribution is 2.22. The fourth-order valence-electron chi connectivity index (χ4n) is 1.70. The lowest BCUT2D eigenvalue weighted by Crippen LogP contribution is -2.22. The summed E-state index contributed by atoms with van der Waals surface area (Å²) in [5.41, 5.74) is 11.3. The third-order valence-electron chi connectivity index (χ3n) is 3.14. The second-order valence-electron chi connectivity index (χ2n) is 5.58. The van der Waals surface area contributed by atoms with E-state index in [0.717, 1.165) is 23.1 Å². The van der Waals surface area contributed by atoms with Crippen molar-refractivity contribution in [2.45, 2.75) is 46.0 Å². The number of fused-ring (bicyclic) bond motifs is 1. The molecule has 0 bridgehead atoms. The number of hydrogen-bond acceptors (Lipinski definition) is 5. The van der Waals surface area contributed by atoms with Gasteiger partial charge >= 0.3 is 0 Å². The molecule has 1 aromatic heterocycles. The number of hydrogen-bond donors (Lipinski definition) is 2. The summed E-state index contributed by atoms with van der Waals surface area (Å²) < 4.78 is 1.05. The quantitative estimate of drug-likeness (QED) is 0.306. The molecule has 26 heavy (non-hydrogen) atoms. The number of rotatable bonds is 7. The summed E-state index contributed by atoms with van der Waals surface area (Å²) in [4.78, 5) is 20.2. The molecule has 1 aromatic carbocycles. The van der Waals surface area contributed by atoms with Gasteiger partial charge < -0.3 is 11.5 Å². The Labute approximate surface area is 165 Å². The Hall–Kier alpha value is -1.60.